The second kappa shape index (κ2) is 5.80. The Morgan fingerprint density at radius 3 is 2.71 bits per heavy atom. The summed E-state index contributed by atoms with van der Waals surface area (Å²) >= 11 is 5.82. The topological polar surface area (TPSA) is 60.2 Å². The fourth-order valence-corrected chi connectivity index (χ4v) is 3.55. The molecule has 0 aliphatic heterocycles. The summed E-state index contributed by atoms with van der Waals surface area (Å²) in [7, 11) is -3.32. The molecular weight excluding hydrogens is 265 g/mol. The molecule has 2 N–H and O–H groups in total. The Kier molecular flexibility index (Phi) is 4.91. The van der Waals surface area contributed by atoms with Gasteiger partial charge in [-0.05, 0) is 36.2 Å². The van der Waals surface area contributed by atoms with Crippen molar-refractivity contribution >= 4 is 21.4 Å². The van der Waals surface area contributed by atoms with Gasteiger partial charge < -0.3 is 5.73 Å². The molecule has 1 aromatic carbocycles. The van der Waals surface area contributed by atoms with E-state index in [0.29, 0.717) is 6.54 Å². The average molecular weight is 280 g/mol. The minimum Gasteiger partial charge on any atom is -0.330 e. The minimum atomic E-state index is -3.32. The van der Waals surface area contributed by atoms with Gasteiger partial charge in [-0.2, -0.15) is 0 Å². The average Bonchev–Trinajstić information content (AvgIpc) is 2.22. The van der Waals surface area contributed by atoms with Gasteiger partial charge in [0.25, 0.3) is 0 Å². The SMILES string of the molecule is CC(CN)CS(=O)(=O)Cc1cc(F)ccc1Cl. The highest BCUT2D eigenvalue weighted by atomic mass is 35.5. The molecule has 0 spiro atoms. The van der Waals surface area contributed by atoms with Crippen LogP contribution in [0.15, 0.2) is 18.2 Å². The van der Waals surface area contributed by atoms with Crippen molar-refractivity contribution in [1.29, 1.82) is 0 Å². The number of nitrogens with two attached hydrogens (primary N) is 1. The Hall–Kier alpha value is -0.650. The van der Waals surface area contributed by atoms with E-state index in [9.17, 15) is 12.8 Å². The van der Waals surface area contributed by atoms with Gasteiger partial charge in [0.1, 0.15) is 5.82 Å². The van der Waals surface area contributed by atoms with Crippen LogP contribution in [0.2, 0.25) is 5.02 Å². The summed E-state index contributed by atoms with van der Waals surface area (Å²) in [5.41, 5.74) is 5.66. The summed E-state index contributed by atoms with van der Waals surface area (Å²) in [6.07, 6.45) is 0. The van der Waals surface area contributed by atoms with Crippen molar-refractivity contribution in [2.45, 2.75) is 12.7 Å². The Balaban J connectivity index is 2.86. The van der Waals surface area contributed by atoms with Crippen LogP contribution in [-0.4, -0.2) is 20.7 Å². The molecule has 1 aromatic rings. The lowest BCUT2D eigenvalue weighted by molar-refractivity contribution is 0.572. The third-order valence-electron chi connectivity index (χ3n) is 2.32. The fraction of sp³-hybridized carbons (Fsp3) is 0.455. The summed E-state index contributed by atoms with van der Waals surface area (Å²) in [4.78, 5) is 0. The van der Waals surface area contributed by atoms with E-state index >= 15 is 0 Å². The molecule has 0 aliphatic carbocycles. The monoisotopic (exact) mass is 279 g/mol. The van der Waals surface area contributed by atoms with Crippen LogP contribution < -0.4 is 5.73 Å². The van der Waals surface area contributed by atoms with Crippen LogP contribution in [0.5, 0.6) is 0 Å². The molecule has 0 amide bonds. The molecule has 0 saturated carbocycles. The first kappa shape index (κ1) is 14.4. The van der Waals surface area contributed by atoms with Crippen molar-refractivity contribution in [2.24, 2.45) is 11.7 Å². The third kappa shape index (κ3) is 4.61. The highest BCUT2D eigenvalue weighted by Gasteiger charge is 2.17. The predicted molar refractivity (Wildman–Crippen MR) is 67.1 cm³/mol. The third-order valence-corrected chi connectivity index (χ3v) is 4.52. The van der Waals surface area contributed by atoms with Crippen molar-refractivity contribution in [2.75, 3.05) is 12.3 Å². The van der Waals surface area contributed by atoms with Gasteiger partial charge in [0, 0.05) is 5.02 Å². The molecule has 17 heavy (non-hydrogen) atoms. The first-order valence-electron chi connectivity index (χ1n) is 5.18. The van der Waals surface area contributed by atoms with E-state index in [1.807, 2.05) is 0 Å². The van der Waals surface area contributed by atoms with E-state index in [0.717, 1.165) is 6.07 Å². The zero-order valence-corrected chi connectivity index (χ0v) is 11.1. The Labute approximate surface area is 106 Å². The quantitative estimate of drug-likeness (QED) is 0.897. The van der Waals surface area contributed by atoms with E-state index in [4.69, 9.17) is 17.3 Å². The number of sulfone groups is 1. The molecule has 1 atom stereocenters. The largest absolute Gasteiger partial charge is 0.330 e. The van der Waals surface area contributed by atoms with Gasteiger partial charge in [-0.3, -0.25) is 0 Å². The van der Waals surface area contributed by atoms with Crippen LogP contribution in [0.1, 0.15) is 12.5 Å². The molecule has 0 bridgehead atoms. The second-order valence-corrected chi connectivity index (χ2v) is 6.65. The first-order chi connectivity index (χ1) is 7.84. The Morgan fingerprint density at radius 1 is 1.47 bits per heavy atom. The van der Waals surface area contributed by atoms with Crippen LogP contribution in [0, 0.1) is 11.7 Å². The molecule has 0 aromatic heterocycles. The van der Waals surface area contributed by atoms with Gasteiger partial charge in [-0.15, -0.1) is 0 Å². The summed E-state index contributed by atoms with van der Waals surface area (Å²) < 4.78 is 36.6. The highest BCUT2D eigenvalue weighted by molar-refractivity contribution is 7.90. The maximum atomic E-state index is 13.0. The van der Waals surface area contributed by atoms with Crippen molar-refractivity contribution < 1.29 is 12.8 Å². The van der Waals surface area contributed by atoms with E-state index < -0.39 is 15.7 Å². The van der Waals surface area contributed by atoms with Crippen molar-refractivity contribution in [3.8, 4) is 0 Å². The summed E-state index contributed by atoms with van der Waals surface area (Å²) in [6.45, 7) is 2.06. The lowest BCUT2D eigenvalue weighted by atomic mass is 10.2. The molecule has 96 valence electrons. The predicted octanol–water partition coefficient (Wildman–Crippen LogP) is 1.99. The number of benzene rings is 1. The number of hydrogen-bond donors (Lipinski definition) is 1. The van der Waals surface area contributed by atoms with Crippen LogP contribution in [0.3, 0.4) is 0 Å². The second-order valence-electron chi connectivity index (χ2n) is 4.13. The van der Waals surface area contributed by atoms with Crippen LogP contribution in [-0.2, 0) is 15.6 Å². The van der Waals surface area contributed by atoms with Gasteiger partial charge in [-0.1, -0.05) is 18.5 Å². The van der Waals surface area contributed by atoms with Crippen molar-refractivity contribution in [3.63, 3.8) is 0 Å². The lowest BCUT2D eigenvalue weighted by Gasteiger charge is -2.10. The molecule has 0 saturated heterocycles. The van der Waals surface area contributed by atoms with Crippen LogP contribution >= 0.6 is 11.6 Å². The zero-order valence-electron chi connectivity index (χ0n) is 9.49. The molecular formula is C11H15ClFNO2S. The maximum absolute atomic E-state index is 13.0. The van der Waals surface area contributed by atoms with Crippen molar-refractivity contribution in [3.05, 3.63) is 34.6 Å². The molecule has 1 rings (SSSR count). The van der Waals surface area contributed by atoms with E-state index in [1.54, 1.807) is 6.92 Å². The minimum absolute atomic E-state index is 0.0175. The highest BCUT2D eigenvalue weighted by Crippen LogP contribution is 2.20. The fourth-order valence-electron chi connectivity index (χ4n) is 1.45. The molecule has 0 fully saturated rings. The number of halogens is 2. The molecule has 0 radical (unpaired) electrons. The Morgan fingerprint density at radius 2 is 2.12 bits per heavy atom. The smallest absolute Gasteiger partial charge is 0.154 e. The summed E-state index contributed by atoms with van der Waals surface area (Å²) in [5, 5.41) is 0.260. The van der Waals surface area contributed by atoms with E-state index in [2.05, 4.69) is 0 Å². The Bertz CT molecular complexity index is 490. The summed E-state index contributed by atoms with van der Waals surface area (Å²) in [6, 6.07) is 3.70. The zero-order chi connectivity index (χ0) is 13.1. The molecule has 6 heteroatoms. The maximum Gasteiger partial charge on any atom is 0.154 e. The van der Waals surface area contributed by atoms with Crippen LogP contribution in [0.25, 0.3) is 0 Å². The normalized spacial score (nSPS) is 13.6. The van der Waals surface area contributed by atoms with Gasteiger partial charge in [-0.25, -0.2) is 12.8 Å². The van der Waals surface area contributed by atoms with E-state index in [-0.39, 0.29) is 28.0 Å². The lowest BCUT2D eigenvalue weighted by Crippen LogP contribution is -2.22. The molecule has 1 unspecified atom stereocenters. The number of rotatable bonds is 5. The van der Waals surface area contributed by atoms with Gasteiger partial charge >= 0.3 is 0 Å². The standard InChI is InChI=1S/C11H15ClFNO2S/c1-8(5-14)6-17(15,16)7-9-4-10(13)2-3-11(9)12/h2-4,8H,5-7,14H2,1H3. The van der Waals surface area contributed by atoms with Gasteiger partial charge in [0.05, 0.1) is 11.5 Å². The molecule has 0 aliphatic rings. The summed E-state index contributed by atoms with van der Waals surface area (Å²) in [5.74, 6) is -0.886. The van der Waals surface area contributed by atoms with Crippen molar-refractivity contribution in [1.82, 2.24) is 0 Å². The van der Waals surface area contributed by atoms with Crippen LogP contribution in [0.4, 0.5) is 4.39 Å². The molecule has 0 heterocycles. The van der Waals surface area contributed by atoms with E-state index in [1.165, 1.54) is 12.1 Å². The van der Waals surface area contributed by atoms with Gasteiger partial charge in [0.2, 0.25) is 0 Å². The first-order valence-corrected chi connectivity index (χ1v) is 7.38. The number of hydrogen-bond acceptors (Lipinski definition) is 3. The van der Waals surface area contributed by atoms with Gasteiger partial charge in [0.15, 0.2) is 9.84 Å². The molecule has 3 nitrogen and oxygen atoms in total.